The van der Waals surface area contributed by atoms with Crippen LogP contribution in [0.4, 0.5) is 11.4 Å². The molecule has 20 heavy (non-hydrogen) atoms. The zero-order chi connectivity index (χ0) is 14.7. The smallest absolute Gasteiger partial charge is 0.270 e. The average molecular weight is 339 g/mol. The quantitative estimate of drug-likeness (QED) is 0.451. The van der Waals surface area contributed by atoms with Crippen molar-refractivity contribution < 1.29 is 15.1 Å². The Kier molecular flexibility index (Phi) is 4.09. The highest BCUT2D eigenvalue weighted by Gasteiger charge is 2.09. The van der Waals surface area contributed by atoms with Crippen molar-refractivity contribution in [2.45, 2.75) is 6.54 Å². The summed E-state index contributed by atoms with van der Waals surface area (Å²) in [7, 11) is 0. The van der Waals surface area contributed by atoms with Crippen molar-refractivity contribution in [1.29, 1.82) is 0 Å². The molecule has 0 unspecified atom stereocenters. The second kappa shape index (κ2) is 5.79. The van der Waals surface area contributed by atoms with Crippen LogP contribution in [-0.4, -0.2) is 15.1 Å². The lowest BCUT2D eigenvalue weighted by molar-refractivity contribution is -0.384. The number of anilines is 1. The summed E-state index contributed by atoms with van der Waals surface area (Å²) in [5.74, 6) is -0.364. The van der Waals surface area contributed by atoms with E-state index in [0.717, 1.165) is 5.56 Å². The van der Waals surface area contributed by atoms with Crippen LogP contribution >= 0.6 is 15.9 Å². The van der Waals surface area contributed by atoms with E-state index in [9.17, 15) is 20.3 Å². The number of nitro benzene ring substituents is 1. The first-order valence-electron chi connectivity index (χ1n) is 5.66. The van der Waals surface area contributed by atoms with Crippen molar-refractivity contribution in [2.24, 2.45) is 0 Å². The maximum Gasteiger partial charge on any atom is 0.270 e. The van der Waals surface area contributed by atoms with Gasteiger partial charge >= 0.3 is 0 Å². The van der Waals surface area contributed by atoms with Gasteiger partial charge in [0, 0.05) is 28.8 Å². The zero-order valence-electron chi connectivity index (χ0n) is 10.2. The number of phenolic OH excluding ortho intramolecular Hbond substituents is 2. The van der Waals surface area contributed by atoms with Crippen molar-refractivity contribution in [2.75, 3.05) is 5.32 Å². The molecule has 3 N–H and O–H groups in total. The summed E-state index contributed by atoms with van der Waals surface area (Å²) in [6, 6.07) is 8.93. The molecule has 2 rings (SSSR count). The third-order valence-corrected chi connectivity index (χ3v) is 3.34. The fourth-order valence-electron chi connectivity index (χ4n) is 1.64. The summed E-state index contributed by atoms with van der Waals surface area (Å²) in [5, 5.41) is 32.3. The number of benzene rings is 2. The molecule has 0 bridgehead atoms. The van der Waals surface area contributed by atoms with Gasteiger partial charge in [-0.3, -0.25) is 10.1 Å². The van der Waals surface area contributed by atoms with Gasteiger partial charge in [-0.25, -0.2) is 0 Å². The molecular formula is C13H11BrN2O4. The van der Waals surface area contributed by atoms with Gasteiger partial charge < -0.3 is 15.5 Å². The highest BCUT2D eigenvalue weighted by atomic mass is 79.9. The Hall–Kier alpha value is -2.28. The molecule has 2 aromatic carbocycles. The molecule has 0 aliphatic rings. The molecule has 0 aliphatic carbocycles. The van der Waals surface area contributed by atoms with Crippen molar-refractivity contribution in [3.63, 3.8) is 0 Å². The lowest BCUT2D eigenvalue weighted by Crippen LogP contribution is -2.00. The molecule has 0 atom stereocenters. The van der Waals surface area contributed by atoms with E-state index >= 15 is 0 Å². The lowest BCUT2D eigenvalue weighted by Gasteiger charge is -2.09. The largest absolute Gasteiger partial charge is 0.504 e. The van der Waals surface area contributed by atoms with Gasteiger partial charge in [0.15, 0.2) is 11.5 Å². The van der Waals surface area contributed by atoms with Crippen molar-refractivity contribution in [3.8, 4) is 11.5 Å². The Morgan fingerprint density at radius 3 is 2.50 bits per heavy atom. The average Bonchev–Trinajstić information content (AvgIpc) is 2.41. The predicted molar refractivity (Wildman–Crippen MR) is 77.9 cm³/mol. The summed E-state index contributed by atoms with van der Waals surface area (Å²) in [6.45, 7) is 0.407. The van der Waals surface area contributed by atoms with Crippen molar-refractivity contribution in [1.82, 2.24) is 0 Å². The molecule has 0 saturated carbocycles. The van der Waals surface area contributed by atoms with Crippen LogP contribution in [0.5, 0.6) is 11.5 Å². The minimum atomic E-state index is -0.466. The number of hydrogen-bond acceptors (Lipinski definition) is 5. The Labute approximate surface area is 123 Å². The van der Waals surface area contributed by atoms with Crippen LogP contribution in [0.3, 0.4) is 0 Å². The van der Waals surface area contributed by atoms with Crippen molar-refractivity contribution >= 4 is 27.3 Å². The normalized spacial score (nSPS) is 10.2. The van der Waals surface area contributed by atoms with Crippen LogP contribution in [0.2, 0.25) is 0 Å². The van der Waals surface area contributed by atoms with Gasteiger partial charge in [0.2, 0.25) is 0 Å². The van der Waals surface area contributed by atoms with Crippen LogP contribution in [0.25, 0.3) is 0 Å². The van der Waals surface area contributed by atoms with E-state index in [2.05, 4.69) is 21.2 Å². The number of non-ortho nitro benzene ring substituents is 1. The summed E-state index contributed by atoms with van der Waals surface area (Å²) >= 11 is 3.26. The van der Waals surface area contributed by atoms with Gasteiger partial charge in [-0.1, -0.05) is 6.07 Å². The summed E-state index contributed by atoms with van der Waals surface area (Å²) in [4.78, 5) is 10.2. The zero-order valence-corrected chi connectivity index (χ0v) is 11.8. The maximum atomic E-state index is 10.6. The molecule has 0 fully saturated rings. The van der Waals surface area contributed by atoms with E-state index in [0.29, 0.717) is 16.7 Å². The third kappa shape index (κ3) is 3.18. The highest BCUT2D eigenvalue weighted by molar-refractivity contribution is 9.10. The molecule has 0 saturated heterocycles. The third-order valence-electron chi connectivity index (χ3n) is 2.69. The monoisotopic (exact) mass is 338 g/mol. The van der Waals surface area contributed by atoms with Gasteiger partial charge in [0.05, 0.1) is 4.92 Å². The molecule has 0 amide bonds. The van der Waals surface area contributed by atoms with E-state index in [1.54, 1.807) is 12.1 Å². The predicted octanol–water partition coefficient (Wildman–Crippen LogP) is 3.38. The molecule has 0 radical (unpaired) electrons. The Morgan fingerprint density at radius 2 is 1.90 bits per heavy atom. The van der Waals surface area contributed by atoms with Gasteiger partial charge in [-0.2, -0.15) is 0 Å². The SMILES string of the molecule is O=[N+]([O-])c1ccc(NCc2ccc(O)c(O)c2)c(Br)c1. The first-order valence-corrected chi connectivity index (χ1v) is 6.45. The number of phenols is 2. The summed E-state index contributed by atoms with van der Waals surface area (Å²) in [5.41, 5.74) is 1.47. The van der Waals surface area contributed by atoms with Gasteiger partial charge in [-0.05, 0) is 39.7 Å². The maximum absolute atomic E-state index is 10.6. The number of nitrogens with zero attached hydrogens (tertiary/aromatic N) is 1. The van der Waals surface area contributed by atoms with Crippen LogP contribution in [0.15, 0.2) is 40.9 Å². The molecule has 104 valence electrons. The Balaban J connectivity index is 2.10. The second-order valence-electron chi connectivity index (χ2n) is 4.10. The topological polar surface area (TPSA) is 95.6 Å². The van der Waals surface area contributed by atoms with Gasteiger partial charge in [0.1, 0.15) is 0 Å². The van der Waals surface area contributed by atoms with E-state index in [1.165, 1.54) is 24.3 Å². The van der Waals surface area contributed by atoms with Crippen molar-refractivity contribution in [3.05, 3.63) is 56.5 Å². The van der Waals surface area contributed by atoms with Crippen LogP contribution in [0, 0.1) is 10.1 Å². The fraction of sp³-hybridized carbons (Fsp3) is 0.0769. The van der Waals surface area contributed by atoms with E-state index < -0.39 is 4.92 Å². The fourth-order valence-corrected chi connectivity index (χ4v) is 2.14. The number of aromatic hydroxyl groups is 2. The van der Waals surface area contributed by atoms with Gasteiger partial charge in [-0.15, -0.1) is 0 Å². The molecule has 0 aliphatic heterocycles. The molecule has 0 aromatic heterocycles. The highest BCUT2D eigenvalue weighted by Crippen LogP contribution is 2.29. The Morgan fingerprint density at radius 1 is 1.15 bits per heavy atom. The second-order valence-corrected chi connectivity index (χ2v) is 4.95. The first-order chi connectivity index (χ1) is 9.47. The summed E-state index contributed by atoms with van der Waals surface area (Å²) < 4.78 is 0.578. The standard InChI is InChI=1S/C13H11BrN2O4/c14-10-6-9(16(19)20)2-3-11(10)15-7-8-1-4-12(17)13(18)5-8/h1-6,15,17-18H,7H2. The van der Waals surface area contributed by atoms with E-state index in [4.69, 9.17) is 0 Å². The minimum Gasteiger partial charge on any atom is -0.504 e. The number of halogens is 1. The van der Waals surface area contributed by atoms with E-state index in [-0.39, 0.29) is 17.2 Å². The number of nitrogens with one attached hydrogen (secondary N) is 1. The van der Waals surface area contributed by atoms with Crippen LogP contribution in [0.1, 0.15) is 5.56 Å². The molecule has 0 spiro atoms. The lowest BCUT2D eigenvalue weighted by atomic mass is 10.2. The number of nitro groups is 1. The molecule has 7 heteroatoms. The number of rotatable bonds is 4. The minimum absolute atomic E-state index is 0.00435. The molecule has 2 aromatic rings. The summed E-state index contributed by atoms with van der Waals surface area (Å²) in [6.07, 6.45) is 0. The number of hydrogen-bond donors (Lipinski definition) is 3. The Bertz CT molecular complexity index is 661. The first kappa shape index (κ1) is 14.1. The molecule has 0 heterocycles. The van der Waals surface area contributed by atoms with Crippen LogP contribution < -0.4 is 5.32 Å². The molecular weight excluding hydrogens is 328 g/mol. The van der Waals surface area contributed by atoms with E-state index in [1.807, 2.05) is 0 Å². The van der Waals surface area contributed by atoms with Crippen LogP contribution in [-0.2, 0) is 6.54 Å². The molecule has 6 nitrogen and oxygen atoms in total. The van der Waals surface area contributed by atoms with Gasteiger partial charge in [0.25, 0.3) is 5.69 Å².